The zero-order valence-electron chi connectivity index (χ0n) is 7.30. The Kier molecular flexibility index (Phi) is 5.22. The van der Waals surface area contributed by atoms with E-state index in [9.17, 15) is 4.57 Å². The minimum Gasteiger partial charge on any atom is -0.413 e. The van der Waals surface area contributed by atoms with Gasteiger partial charge in [0.05, 0.1) is 6.26 Å². The molecule has 0 bridgehead atoms. The van der Waals surface area contributed by atoms with Gasteiger partial charge in [-0.15, -0.1) is 0 Å². The van der Waals surface area contributed by atoms with Crippen molar-refractivity contribution in [2.24, 2.45) is 5.92 Å². The monoisotopic (exact) mass is 194 g/mol. The first-order valence-corrected chi connectivity index (χ1v) is 5.43. The second kappa shape index (κ2) is 5.36. The summed E-state index contributed by atoms with van der Waals surface area (Å²) in [6.07, 6.45) is 4.63. The van der Waals surface area contributed by atoms with E-state index in [1.165, 1.54) is 0 Å². The van der Waals surface area contributed by atoms with Crippen molar-refractivity contribution in [3.63, 3.8) is 0 Å². The van der Waals surface area contributed by atoms with E-state index in [-0.39, 0.29) is 0 Å². The molecule has 0 aromatic heterocycles. The molecule has 4 nitrogen and oxygen atoms in total. The summed E-state index contributed by atoms with van der Waals surface area (Å²) in [7, 11) is -4.33. The van der Waals surface area contributed by atoms with Crippen LogP contribution in [0.3, 0.4) is 0 Å². The molecule has 0 aliphatic rings. The minimum atomic E-state index is -4.33. The van der Waals surface area contributed by atoms with E-state index in [4.69, 9.17) is 9.79 Å². The fraction of sp³-hybridized carbons (Fsp3) is 0.714. The van der Waals surface area contributed by atoms with Gasteiger partial charge in [-0.3, -0.25) is 9.79 Å². The largest absolute Gasteiger partial charge is 0.524 e. The van der Waals surface area contributed by atoms with Gasteiger partial charge in [0.15, 0.2) is 0 Å². The maximum Gasteiger partial charge on any atom is 0.524 e. The van der Waals surface area contributed by atoms with Crippen LogP contribution in [0.25, 0.3) is 0 Å². The van der Waals surface area contributed by atoms with Crippen LogP contribution < -0.4 is 0 Å². The molecule has 72 valence electrons. The molecule has 5 heteroatoms. The third-order valence-corrected chi connectivity index (χ3v) is 1.99. The van der Waals surface area contributed by atoms with Crippen molar-refractivity contribution in [3.8, 4) is 0 Å². The first-order valence-electron chi connectivity index (χ1n) is 3.90. The molecule has 0 saturated heterocycles. The second-order valence-corrected chi connectivity index (χ2v) is 3.69. The number of phosphoric acid groups is 1. The van der Waals surface area contributed by atoms with Crippen molar-refractivity contribution in [1.29, 1.82) is 0 Å². The fourth-order valence-electron chi connectivity index (χ4n) is 0.786. The zero-order valence-corrected chi connectivity index (χ0v) is 8.20. The van der Waals surface area contributed by atoms with E-state index in [0.29, 0.717) is 5.92 Å². The molecule has 0 heterocycles. The maximum absolute atomic E-state index is 10.2. The van der Waals surface area contributed by atoms with Gasteiger partial charge in [-0.2, -0.15) is 0 Å². The highest BCUT2D eigenvalue weighted by atomic mass is 31.2. The molecule has 12 heavy (non-hydrogen) atoms. The molecule has 0 fully saturated rings. The van der Waals surface area contributed by atoms with Crippen LogP contribution in [0.5, 0.6) is 0 Å². The Morgan fingerprint density at radius 1 is 1.42 bits per heavy atom. The molecule has 2 N–H and O–H groups in total. The summed E-state index contributed by atoms with van der Waals surface area (Å²) in [5, 5.41) is 0. The van der Waals surface area contributed by atoms with E-state index in [2.05, 4.69) is 4.52 Å². The van der Waals surface area contributed by atoms with Crippen molar-refractivity contribution >= 4 is 7.82 Å². The van der Waals surface area contributed by atoms with Crippen LogP contribution in [0.2, 0.25) is 0 Å². The molecule has 0 aliphatic heterocycles. The quantitative estimate of drug-likeness (QED) is 0.519. The Morgan fingerprint density at radius 2 is 1.92 bits per heavy atom. The molecule has 0 radical (unpaired) electrons. The summed E-state index contributed by atoms with van der Waals surface area (Å²) in [4.78, 5) is 16.6. The van der Waals surface area contributed by atoms with Gasteiger partial charge in [0.2, 0.25) is 0 Å². The molecule has 0 amide bonds. The molecule has 0 saturated carbocycles. The van der Waals surface area contributed by atoms with Crippen LogP contribution in [0.1, 0.15) is 26.7 Å². The van der Waals surface area contributed by atoms with Gasteiger partial charge in [-0.1, -0.05) is 13.8 Å². The van der Waals surface area contributed by atoms with Crippen molar-refractivity contribution < 1.29 is 18.9 Å². The number of hydrogen-bond acceptors (Lipinski definition) is 2. The van der Waals surface area contributed by atoms with E-state index in [0.717, 1.165) is 19.1 Å². The van der Waals surface area contributed by atoms with E-state index in [1.54, 1.807) is 6.08 Å². The fourth-order valence-corrected chi connectivity index (χ4v) is 1.02. The highest BCUT2D eigenvalue weighted by molar-refractivity contribution is 7.46. The summed E-state index contributed by atoms with van der Waals surface area (Å²) in [5.74, 6) is 0.330. The summed E-state index contributed by atoms with van der Waals surface area (Å²) in [5.41, 5.74) is 0. The highest BCUT2D eigenvalue weighted by Crippen LogP contribution is 2.36. The van der Waals surface area contributed by atoms with Crippen molar-refractivity contribution in [2.45, 2.75) is 26.7 Å². The average Bonchev–Trinajstić information content (AvgIpc) is 1.96. The van der Waals surface area contributed by atoms with Crippen LogP contribution in [0.15, 0.2) is 12.3 Å². The van der Waals surface area contributed by atoms with Gasteiger partial charge in [0.1, 0.15) is 0 Å². The van der Waals surface area contributed by atoms with Crippen molar-refractivity contribution in [1.82, 2.24) is 0 Å². The molecule has 0 aromatic rings. The van der Waals surface area contributed by atoms with Crippen LogP contribution in [0, 0.1) is 5.92 Å². The van der Waals surface area contributed by atoms with Gasteiger partial charge in [-0.05, 0) is 24.8 Å². The first-order chi connectivity index (χ1) is 5.49. The lowest BCUT2D eigenvalue weighted by Crippen LogP contribution is -1.90. The van der Waals surface area contributed by atoms with Crippen LogP contribution >= 0.6 is 7.82 Å². The smallest absolute Gasteiger partial charge is 0.413 e. The lowest BCUT2D eigenvalue weighted by molar-refractivity contribution is 0.257. The van der Waals surface area contributed by atoms with E-state index >= 15 is 0 Å². The molecule has 0 atom stereocenters. The molecule has 0 rings (SSSR count). The summed E-state index contributed by atoms with van der Waals surface area (Å²) in [6.45, 7) is 4.02. The predicted molar refractivity (Wildman–Crippen MR) is 46.3 cm³/mol. The minimum absolute atomic E-state index is 0.330. The summed E-state index contributed by atoms with van der Waals surface area (Å²) in [6, 6.07) is 0. The van der Waals surface area contributed by atoms with E-state index in [1.807, 2.05) is 13.8 Å². The topological polar surface area (TPSA) is 66.8 Å². The summed E-state index contributed by atoms with van der Waals surface area (Å²) < 4.78 is 14.4. The Morgan fingerprint density at radius 3 is 2.25 bits per heavy atom. The van der Waals surface area contributed by atoms with Gasteiger partial charge < -0.3 is 4.52 Å². The third kappa shape index (κ3) is 6.40. The maximum atomic E-state index is 10.2. The van der Waals surface area contributed by atoms with Gasteiger partial charge in [0, 0.05) is 0 Å². The Bertz CT molecular complexity index is 180. The van der Waals surface area contributed by atoms with Gasteiger partial charge in [0.25, 0.3) is 0 Å². The van der Waals surface area contributed by atoms with Crippen LogP contribution in [0.4, 0.5) is 0 Å². The number of allylic oxidation sites excluding steroid dienone is 1. The first kappa shape index (κ1) is 11.7. The number of rotatable bonds is 5. The van der Waals surface area contributed by atoms with Gasteiger partial charge in [-0.25, -0.2) is 4.57 Å². The highest BCUT2D eigenvalue weighted by Gasteiger charge is 2.11. The lowest BCUT2D eigenvalue weighted by Gasteiger charge is -2.05. The van der Waals surface area contributed by atoms with Gasteiger partial charge >= 0.3 is 7.82 Å². The Hall–Kier alpha value is -0.310. The average molecular weight is 194 g/mol. The third-order valence-electron chi connectivity index (χ3n) is 1.60. The Labute approximate surface area is 72.5 Å². The Balaban J connectivity index is 3.82. The zero-order chi connectivity index (χ0) is 9.61. The van der Waals surface area contributed by atoms with Crippen molar-refractivity contribution in [2.75, 3.05) is 0 Å². The second-order valence-electron chi connectivity index (χ2n) is 2.50. The summed E-state index contributed by atoms with van der Waals surface area (Å²) >= 11 is 0. The standard InChI is InChI=1S/C7H15O4P/c1-3-7(4-2)5-6-11-12(8,9)10/h5-7H,3-4H2,1-2H3,(H2,8,9,10). The molecule has 0 unspecified atom stereocenters. The molecular weight excluding hydrogens is 179 g/mol. The SMILES string of the molecule is CCC(C=COP(=O)(O)O)CC. The molecule has 0 spiro atoms. The van der Waals surface area contributed by atoms with Crippen LogP contribution in [-0.2, 0) is 9.09 Å². The van der Waals surface area contributed by atoms with Crippen LogP contribution in [-0.4, -0.2) is 9.79 Å². The number of phosphoric ester groups is 1. The lowest BCUT2D eigenvalue weighted by atomic mass is 10.0. The van der Waals surface area contributed by atoms with E-state index < -0.39 is 7.82 Å². The number of hydrogen-bond donors (Lipinski definition) is 2. The predicted octanol–water partition coefficient (Wildman–Crippen LogP) is 2.05. The molecular formula is C7H15O4P. The normalized spacial score (nSPS) is 12.8. The molecule has 0 aromatic carbocycles. The van der Waals surface area contributed by atoms with Crippen molar-refractivity contribution in [3.05, 3.63) is 12.3 Å². The molecule has 0 aliphatic carbocycles.